The topological polar surface area (TPSA) is 58.4 Å². The number of nitrogens with one attached hydrogen (secondary N) is 1. The molecule has 2 rings (SSSR count). The number of aromatic nitrogens is 1. The first kappa shape index (κ1) is 16.2. The molecule has 0 unspecified atom stereocenters. The molecule has 118 valence electrons. The summed E-state index contributed by atoms with van der Waals surface area (Å²) in [5.74, 6) is 0.835. The van der Waals surface area contributed by atoms with Crippen LogP contribution >= 0.6 is 0 Å². The maximum absolute atomic E-state index is 12.2. The highest BCUT2D eigenvalue weighted by Gasteiger charge is 2.17. The molecule has 1 aromatic heterocycles. The Hall–Kier alpha value is -2.14. The molecule has 0 spiro atoms. The number of nitrogens with zero attached hydrogens (tertiary/aromatic N) is 2. The molecule has 0 fully saturated rings. The number of amides is 1. The van der Waals surface area contributed by atoms with Gasteiger partial charge in [-0.3, -0.25) is 4.79 Å². The van der Waals surface area contributed by atoms with E-state index in [0.29, 0.717) is 23.9 Å². The van der Waals surface area contributed by atoms with Gasteiger partial charge in [0, 0.05) is 18.7 Å². The van der Waals surface area contributed by atoms with Gasteiger partial charge in [-0.05, 0) is 32.1 Å². The zero-order valence-electron chi connectivity index (χ0n) is 13.4. The molecule has 22 heavy (non-hydrogen) atoms. The molecule has 0 saturated heterocycles. The number of aryl methyl sites for hydroxylation is 1. The van der Waals surface area contributed by atoms with Crippen LogP contribution in [-0.2, 0) is 0 Å². The third-order valence-corrected chi connectivity index (χ3v) is 3.64. The van der Waals surface area contributed by atoms with Crippen molar-refractivity contribution >= 4 is 5.91 Å². The predicted octanol–water partition coefficient (Wildman–Crippen LogP) is 2.72. The second-order valence-corrected chi connectivity index (χ2v) is 5.07. The third kappa shape index (κ3) is 3.95. The van der Waals surface area contributed by atoms with Gasteiger partial charge in [0.05, 0.1) is 0 Å². The van der Waals surface area contributed by atoms with Gasteiger partial charge in [-0.15, -0.1) is 0 Å². The number of rotatable bonds is 7. The first-order valence-electron chi connectivity index (χ1n) is 7.69. The van der Waals surface area contributed by atoms with Crippen molar-refractivity contribution in [1.82, 2.24) is 15.2 Å². The fraction of sp³-hybridized carbons (Fsp3) is 0.412. The van der Waals surface area contributed by atoms with Crippen LogP contribution in [0.3, 0.4) is 0 Å². The maximum atomic E-state index is 12.2. The second kappa shape index (κ2) is 7.75. The molecule has 0 bridgehead atoms. The summed E-state index contributed by atoms with van der Waals surface area (Å²) >= 11 is 0. The summed E-state index contributed by atoms with van der Waals surface area (Å²) in [6.07, 6.45) is 0. The van der Waals surface area contributed by atoms with Crippen molar-refractivity contribution in [1.29, 1.82) is 0 Å². The average Bonchev–Trinajstić information content (AvgIpc) is 2.94. The van der Waals surface area contributed by atoms with E-state index in [1.165, 1.54) is 0 Å². The van der Waals surface area contributed by atoms with E-state index in [4.69, 9.17) is 4.42 Å². The van der Waals surface area contributed by atoms with Crippen LogP contribution in [0.15, 0.2) is 34.7 Å². The molecule has 1 N–H and O–H groups in total. The van der Waals surface area contributed by atoms with Crippen LogP contribution in [0, 0.1) is 6.92 Å². The predicted molar refractivity (Wildman–Crippen MR) is 86.8 cm³/mol. The molecule has 1 amide bonds. The van der Waals surface area contributed by atoms with Gasteiger partial charge in [0.1, 0.15) is 5.76 Å². The molecule has 2 aromatic rings. The van der Waals surface area contributed by atoms with Crippen LogP contribution in [0.25, 0.3) is 11.5 Å². The van der Waals surface area contributed by atoms with E-state index in [0.717, 1.165) is 25.2 Å². The van der Waals surface area contributed by atoms with Crippen molar-refractivity contribution in [2.75, 3.05) is 26.2 Å². The van der Waals surface area contributed by atoms with Crippen LogP contribution in [0.4, 0.5) is 0 Å². The summed E-state index contributed by atoms with van der Waals surface area (Å²) in [5.41, 5.74) is 1.23. The number of likely N-dealkylation sites (N-methyl/N-ethyl adjacent to an activating group) is 1. The molecule has 0 saturated carbocycles. The normalized spacial score (nSPS) is 10.9. The van der Waals surface area contributed by atoms with Crippen molar-refractivity contribution in [3.8, 4) is 11.5 Å². The van der Waals surface area contributed by atoms with Gasteiger partial charge in [0.15, 0.2) is 5.69 Å². The zero-order valence-corrected chi connectivity index (χ0v) is 13.4. The van der Waals surface area contributed by atoms with E-state index in [1.807, 2.05) is 30.3 Å². The number of benzene rings is 1. The molecular formula is C17H23N3O2. The monoisotopic (exact) mass is 301 g/mol. The summed E-state index contributed by atoms with van der Waals surface area (Å²) in [6, 6.07) is 9.58. The molecule has 0 radical (unpaired) electrons. The highest BCUT2D eigenvalue weighted by atomic mass is 16.4. The molecule has 0 atom stereocenters. The number of carbonyl (C=O) groups is 1. The minimum atomic E-state index is -0.185. The standard InChI is InChI=1S/C17H23N3O2/c1-4-20(5-2)12-11-18-16(21)15-13(3)22-17(19-15)14-9-7-6-8-10-14/h6-10H,4-5,11-12H2,1-3H3,(H,18,21). The van der Waals surface area contributed by atoms with Gasteiger partial charge in [0.25, 0.3) is 5.91 Å². The van der Waals surface area contributed by atoms with Gasteiger partial charge in [-0.1, -0.05) is 32.0 Å². The summed E-state index contributed by atoms with van der Waals surface area (Å²) in [5, 5.41) is 2.90. The highest BCUT2D eigenvalue weighted by Crippen LogP contribution is 2.21. The smallest absolute Gasteiger partial charge is 0.273 e. The summed E-state index contributed by atoms with van der Waals surface area (Å²) in [6.45, 7) is 9.38. The Labute approximate surface area is 131 Å². The summed E-state index contributed by atoms with van der Waals surface area (Å²) in [4.78, 5) is 18.8. The fourth-order valence-corrected chi connectivity index (χ4v) is 2.26. The molecule has 0 aliphatic heterocycles. The lowest BCUT2D eigenvalue weighted by Crippen LogP contribution is -2.35. The van der Waals surface area contributed by atoms with Gasteiger partial charge in [-0.2, -0.15) is 0 Å². The first-order chi connectivity index (χ1) is 10.7. The minimum absolute atomic E-state index is 0.185. The lowest BCUT2D eigenvalue weighted by atomic mass is 10.2. The minimum Gasteiger partial charge on any atom is -0.441 e. The van der Waals surface area contributed by atoms with Crippen LogP contribution < -0.4 is 5.32 Å². The Morgan fingerprint density at radius 3 is 2.55 bits per heavy atom. The van der Waals surface area contributed by atoms with E-state index >= 15 is 0 Å². The van der Waals surface area contributed by atoms with Gasteiger partial charge >= 0.3 is 0 Å². The quantitative estimate of drug-likeness (QED) is 0.854. The van der Waals surface area contributed by atoms with E-state index in [1.54, 1.807) is 6.92 Å². The van der Waals surface area contributed by atoms with Crippen LogP contribution in [0.5, 0.6) is 0 Å². The van der Waals surface area contributed by atoms with Crippen molar-refractivity contribution in [2.45, 2.75) is 20.8 Å². The van der Waals surface area contributed by atoms with Gasteiger partial charge in [0.2, 0.25) is 5.89 Å². The fourth-order valence-electron chi connectivity index (χ4n) is 2.26. The van der Waals surface area contributed by atoms with Crippen LogP contribution in [0.1, 0.15) is 30.1 Å². The average molecular weight is 301 g/mol. The van der Waals surface area contributed by atoms with Crippen molar-refractivity contribution in [3.63, 3.8) is 0 Å². The van der Waals surface area contributed by atoms with Crippen LogP contribution in [-0.4, -0.2) is 42.0 Å². The zero-order chi connectivity index (χ0) is 15.9. The number of hydrogen-bond donors (Lipinski definition) is 1. The van der Waals surface area contributed by atoms with Gasteiger partial charge < -0.3 is 14.6 Å². The van der Waals surface area contributed by atoms with Gasteiger partial charge in [-0.25, -0.2) is 4.98 Å². The highest BCUT2D eigenvalue weighted by molar-refractivity contribution is 5.93. The van der Waals surface area contributed by atoms with E-state index < -0.39 is 0 Å². The van der Waals surface area contributed by atoms with E-state index in [2.05, 4.69) is 29.0 Å². The van der Waals surface area contributed by atoms with Crippen molar-refractivity contribution < 1.29 is 9.21 Å². The molecule has 0 aliphatic rings. The second-order valence-electron chi connectivity index (χ2n) is 5.07. The Kier molecular flexibility index (Phi) is 5.72. The molecule has 1 aromatic carbocycles. The molecule has 5 heteroatoms. The Bertz CT molecular complexity index is 604. The Morgan fingerprint density at radius 2 is 1.91 bits per heavy atom. The lowest BCUT2D eigenvalue weighted by Gasteiger charge is -2.17. The SMILES string of the molecule is CCN(CC)CCNC(=O)c1nc(-c2ccccc2)oc1C. The maximum Gasteiger partial charge on any atom is 0.273 e. The summed E-state index contributed by atoms with van der Waals surface area (Å²) in [7, 11) is 0. The van der Waals surface area contributed by atoms with Crippen molar-refractivity contribution in [2.24, 2.45) is 0 Å². The third-order valence-electron chi connectivity index (χ3n) is 3.64. The lowest BCUT2D eigenvalue weighted by molar-refractivity contribution is 0.0943. The van der Waals surface area contributed by atoms with E-state index in [-0.39, 0.29) is 5.91 Å². The largest absolute Gasteiger partial charge is 0.441 e. The van der Waals surface area contributed by atoms with Crippen LogP contribution in [0.2, 0.25) is 0 Å². The molecule has 5 nitrogen and oxygen atoms in total. The molecular weight excluding hydrogens is 278 g/mol. The summed E-state index contributed by atoms with van der Waals surface area (Å²) < 4.78 is 5.61. The Morgan fingerprint density at radius 1 is 1.23 bits per heavy atom. The number of hydrogen-bond acceptors (Lipinski definition) is 4. The number of oxazole rings is 1. The van der Waals surface area contributed by atoms with E-state index in [9.17, 15) is 4.79 Å². The van der Waals surface area contributed by atoms with Crippen molar-refractivity contribution in [3.05, 3.63) is 41.8 Å². The molecule has 0 aliphatic carbocycles. The molecule has 1 heterocycles. The number of carbonyl (C=O) groups excluding carboxylic acids is 1. The first-order valence-corrected chi connectivity index (χ1v) is 7.69. The Balaban J connectivity index is 2.00.